The topological polar surface area (TPSA) is 45.2 Å². The normalized spacial score (nSPS) is 11.0. The molecule has 20 heavy (non-hydrogen) atoms. The van der Waals surface area contributed by atoms with Crippen molar-refractivity contribution >= 4 is 45.3 Å². The van der Waals surface area contributed by atoms with E-state index in [4.69, 9.17) is 11.6 Å². The first-order valence-electron chi connectivity index (χ1n) is 6.25. The molecule has 2 aromatic rings. The van der Waals surface area contributed by atoms with Crippen molar-refractivity contribution in [3.63, 3.8) is 0 Å². The van der Waals surface area contributed by atoms with Crippen LogP contribution in [-0.2, 0) is 17.9 Å². The van der Waals surface area contributed by atoms with Gasteiger partial charge in [-0.25, -0.2) is 4.98 Å². The maximum absolute atomic E-state index is 11.0. The van der Waals surface area contributed by atoms with Crippen molar-refractivity contribution in [2.75, 3.05) is 11.9 Å². The molecule has 0 atom stereocenters. The summed E-state index contributed by atoms with van der Waals surface area (Å²) < 4.78 is 0.817. The lowest BCUT2D eigenvalue weighted by Gasteiger charge is -2.18. The molecule has 0 aliphatic rings. The molecule has 0 saturated heterocycles. The number of nitrogens with zero attached hydrogens (tertiary/aromatic N) is 2. The molecule has 0 aliphatic carbocycles. The number of hydrogen-bond donors (Lipinski definition) is 1. The highest BCUT2D eigenvalue weighted by Crippen LogP contribution is 2.23. The van der Waals surface area contributed by atoms with Gasteiger partial charge < -0.3 is 5.32 Å². The van der Waals surface area contributed by atoms with Gasteiger partial charge in [0.2, 0.25) is 5.91 Å². The molecule has 4 nitrogen and oxygen atoms in total. The van der Waals surface area contributed by atoms with Gasteiger partial charge in [0, 0.05) is 30.3 Å². The van der Waals surface area contributed by atoms with Crippen LogP contribution in [0.1, 0.15) is 24.4 Å². The Hall–Kier alpha value is -0.950. The van der Waals surface area contributed by atoms with Gasteiger partial charge in [-0.3, -0.25) is 9.69 Å². The number of hydrogen-bond acceptors (Lipinski definition) is 5. The zero-order chi connectivity index (χ0) is 14.5. The first kappa shape index (κ1) is 15.4. The number of thiazole rings is 1. The van der Waals surface area contributed by atoms with Crippen LogP contribution < -0.4 is 5.32 Å². The minimum Gasteiger partial charge on any atom is -0.302 e. The smallest absolute Gasteiger partial charge is 0.223 e. The summed E-state index contributed by atoms with van der Waals surface area (Å²) >= 11 is 9.01. The van der Waals surface area contributed by atoms with Crippen molar-refractivity contribution in [3.8, 4) is 0 Å². The van der Waals surface area contributed by atoms with Crippen LogP contribution in [0.2, 0.25) is 4.34 Å². The molecule has 0 unspecified atom stereocenters. The summed E-state index contributed by atoms with van der Waals surface area (Å²) in [5.41, 5.74) is 0.975. The van der Waals surface area contributed by atoms with Crippen LogP contribution in [0.5, 0.6) is 0 Å². The lowest BCUT2D eigenvalue weighted by Crippen LogP contribution is -2.22. The Balaban J connectivity index is 1.95. The quantitative estimate of drug-likeness (QED) is 0.875. The second-order valence-corrected chi connectivity index (χ2v) is 6.99. The Labute approximate surface area is 131 Å². The monoisotopic (exact) mass is 329 g/mol. The fourth-order valence-corrected chi connectivity index (χ4v) is 3.63. The van der Waals surface area contributed by atoms with Crippen LogP contribution in [0.25, 0.3) is 0 Å². The minimum atomic E-state index is -0.0912. The highest BCUT2D eigenvalue weighted by Gasteiger charge is 2.10. The SMILES string of the molecule is CCN(Cc1csc(NC(C)=O)n1)Cc1ccc(Cl)s1. The Kier molecular flexibility index (Phi) is 5.54. The van der Waals surface area contributed by atoms with Crippen molar-refractivity contribution in [1.29, 1.82) is 0 Å². The summed E-state index contributed by atoms with van der Waals surface area (Å²) in [6.45, 7) is 6.17. The largest absolute Gasteiger partial charge is 0.302 e. The van der Waals surface area contributed by atoms with E-state index in [0.717, 1.165) is 29.7 Å². The molecule has 2 heterocycles. The van der Waals surface area contributed by atoms with Gasteiger partial charge in [-0.1, -0.05) is 18.5 Å². The van der Waals surface area contributed by atoms with Crippen molar-refractivity contribution in [2.45, 2.75) is 26.9 Å². The Morgan fingerprint density at radius 3 is 2.85 bits per heavy atom. The number of amides is 1. The third kappa shape index (κ3) is 4.56. The molecule has 1 N–H and O–H groups in total. The van der Waals surface area contributed by atoms with Crippen LogP contribution in [-0.4, -0.2) is 22.3 Å². The van der Waals surface area contributed by atoms with E-state index in [1.165, 1.54) is 23.1 Å². The number of rotatable bonds is 6. The molecule has 0 saturated carbocycles. The number of halogens is 1. The van der Waals surface area contributed by atoms with E-state index in [9.17, 15) is 4.79 Å². The number of carbonyl (C=O) groups excluding carboxylic acids is 1. The lowest BCUT2D eigenvalue weighted by atomic mass is 10.3. The second kappa shape index (κ2) is 7.17. The van der Waals surface area contributed by atoms with Crippen LogP contribution in [0, 0.1) is 0 Å². The molecule has 7 heteroatoms. The predicted molar refractivity (Wildman–Crippen MR) is 85.5 cm³/mol. The first-order valence-corrected chi connectivity index (χ1v) is 8.32. The Morgan fingerprint density at radius 1 is 1.45 bits per heavy atom. The van der Waals surface area contributed by atoms with E-state index in [1.807, 2.05) is 11.4 Å². The third-order valence-corrected chi connectivity index (χ3v) is 4.70. The standard InChI is InChI=1S/C13H16ClN3OS2/c1-3-17(7-11-4-5-12(14)20-11)6-10-8-19-13(16-10)15-9(2)18/h4-5,8H,3,6-7H2,1-2H3,(H,15,16,18). The predicted octanol–water partition coefficient (Wildman–Crippen LogP) is 3.84. The van der Waals surface area contributed by atoms with Crippen LogP contribution >= 0.6 is 34.3 Å². The molecule has 0 radical (unpaired) electrons. The van der Waals surface area contributed by atoms with Gasteiger partial charge in [-0.05, 0) is 18.7 Å². The summed E-state index contributed by atoms with van der Waals surface area (Å²) in [5, 5.41) is 5.34. The molecular formula is C13H16ClN3OS2. The number of aromatic nitrogens is 1. The maximum Gasteiger partial charge on any atom is 0.223 e. The van der Waals surface area contributed by atoms with Gasteiger partial charge in [0.1, 0.15) is 0 Å². The molecule has 2 aromatic heterocycles. The molecule has 0 aromatic carbocycles. The summed E-state index contributed by atoms with van der Waals surface area (Å²) in [5.74, 6) is -0.0912. The summed E-state index contributed by atoms with van der Waals surface area (Å²) in [4.78, 5) is 18.9. The van der Waals surface area contributed by atoms with Crippen molar-refractivity contribution in [1.82, 2.24) is 9.88 Å². The van der Waals surface area contributed by atoms with Crippen LogP contribution in [0.15, 0.2) is 17.5 Å². The maximum atomic E-state index is 11.0. The molecule has 0 fully saturated rings. The summed E-state index contributed by atoms with van der Waals surface area (Å²) in [6.07, 6.45) is 0. The summed E-state index contributed by atoms with van der Waals surface area (Å²) in [6, 6.07) is 3.98. The van der Waals surface area contributed by atoms with E-state index >= 15 is 0 Å². The van der Waals surface area contributed by atoms with Gasteiger partial charge in [0.05, 0.1) is 10.0 Å². The zero-order valence-corrected chi connectivity index (χ0v) is 13.7. The number of carbonyl (C=O) groups is 1. The van der Waals surface area contributed by atoms with E-state index in [2.05, 4.69) is 28.2 Å². The number of nitrogens with one attached hydrogen (secondary N) is 1. The van der Waals surface area contributed by atoms with Crippen molar-refractivity contribution in [2.24, 2.45) is 0 Å². The number of anilines is 1. The Bertz CT molecular complexity index is 582. The number of thiophene rings is 1. The van der Waals surface area contributed by atoms with Crippen LogP contribution in [0.4, 0.5) is 5.13 Å². The highest BCUT2D eigenvalue weighted by atomic mass is 35.5. The molecule has 0 aliphatic heterocycles. The van der Waals surface area contributed by atoms with Crippen molar-refractivity contribution < 1.29 is 4.79 Å². The molecular weight excluding hydrogens is 314 g/mol. The molecule has 1 amide bonds. The average Bonchev–Trinajstić information content (AvgIpc) is 2.97. The lowest BCUT2D eigenvalue weighted by molar-refractivity contribution is -0.114. The molecule has 0 bridgehead atoms. The fraction of sp³-hybridized carbons (Fsp3) is 0.385. The van der Waals surface area contributed by atoms with E-state index in [1.54, 1.807) is 11.3 Å². The van der Waals surface area contributed by atoms with Gasteiger partial charge in [-0.2, -0.15) is 0 Å². The van der Waals surface area contributed by atoms with E-state index in [-0.39, 0.29) is 5.91 Å². The van der Waals surface area contributed by atoms with Crippen molar-refractivity contribution in [3.05, 3.63) is 32.4 Å². The molecule has 2 rings (SSSR count). The van der Waals surface area contributed by atoms with E-state index < -0.39 is 0 Å². The summed E-state index contributed by atoms with van der Waals surface area (Å²) in [7, 11) is 0. The van der Waals surface area contributed by atoms with Gasteiger partial charge in [0.25, 0.3) is 0 Å². The van der Waals surface area contributed by atoms with Gasteiger partial charge in [0.15, 0.2) is 5.13 Å². The fourth-order valence-electron chi connectivity index (χ4n) is 1.75. The minimum absolute atomic E-state index is 0.0912. The third-order valence-electron chi connectivity index (χ3n) is 2.68. The second-order valence-electron chi connectivity index (χ2n) is 4.33. The Morgan fingerprint density at radius 2 is 2.25 bits per heavy atom. The highest BCUT2D eigenvalue weighted by molar-refractivity contribution is 7.16. The van der Waals surface area contributed by atoms with E-state index in [0.29, 0.717) is 5.13 Å². The first-order chi connectivity index (χ1) is 9.56. The van der Waals surface area contributed by atoms with Crippen LogP contribution in [0.3, 0.4) is 0 Å². The average molecular weight is 330 g/mol. The molecule has 0 spiro atoms. The molecule has 108 valence electrons. The van der Waals surface area contributed by atoms with Gasteiger partial charge in [-0.15, -0.1) is 22.7 Å². The zero-order valence-electron chi connectivity index (χ0n) is 11.4. The van der Waals surface area contributed by atoms with Gasteiger partial charge >= 0.3 is 0 Å².